The van der Waals surface area contributed by atoms with E-state index in [1.807, 2.05) is 6.92 Å². The normalized spacial score (nSPS) is 10.5. The topological polar surface area (TPSA) is 71.5 Å². The van der Waals surface area contributed by atoms with Gasteiger partial charge in [0.15, 0.2) is 5.16 Å². The Bertz CT molecular complexity index is 587. The molecule has 0 saturated heterocycles. The van der Waals surface area contributed by atoms with Crippen molar-refractivity contribution in [1.29, 1.82) is 0 Å². The number of rotatable bonds is 3. The second kappa shape index (κ2) is 5.29. The van der Waals surface area contributed by atoms with Crippen LogP contribution in [0.5, 0.6) is 0 Å². The molecule has 0 amide bonds. The minimum absolute atomic E-state index is 0.194. The molecule has 0 unspecified atom stereocenters. The lowest BCUT2D eigenvalue weighted by Crippen LogP contribution is -2.05. The Morgan fingerprint density at radius 2 is 2.24 bits per heavy atom. The average Bonchev–Trinajstić information content (AvgIpc) is 2.29. The van der Waals surface area contributed by atoms with Gasteiger partial charge in [-0.1, -0.05) is 18.5 Å². The number of nitrogens with one attached hydrogen (secondary N) is 1. The number of hydrogen-bond donors (Lipinski definition) is 1. The van der Waals surface area contributed by atoms with Gasteiger partial charge in [0.2, 0.25) is 0 Å². The van der Waals surface area contributed by atoms with Crippen LogP contribution >= 0.6 is 23.4 Å². The van der Waals surface area contributed by atoms with E-state index in [4.69, 9.17) is 11.6 Å². The SMILES string of the molecule is CCc1c(Cl)ncnc1Sc1nccc(=O)[nH]1. The van der Waals surface area contributed by atoms with Gasteiger partial charge in [-0.2, -0.15) is 0 Å². The summed E-state index contributed by atoms with van der Waals surface area (Å²) in [5.41, 5.74) is 0.659. The third-order valence-corrected chi connectivity index (χ3v) is 3.32. The van der Waals surface area contributed by atoms with Crippen LogP contribution < -0.4 is 5.56 Å². The quantitative estimate of drug-likeness (QED) is 0.680. The fourth-order valence-electron chi connectivity index (χ4n) is 1.26. The van der Waals surface area contributed by atoms with Gasteiger partial charge in [-0.15, -0.1) is 0 Å². The summed E-state index contributed by atoms with van der Waals surface area (Å²) in [6.45, 7) is 1.97. The van der Waals surface area contributed by atoms with E-state index in [0.29, 0.717) is 15.3 Å². The van der Waals surface area contributed by atoms with E-state index in [1.54, 1.807) is 0 Å². The highest BCUT2D eigenvalue weighted by Crippen LogP contribution is 2.28. The summed E-state index contributed by atoms with van der Waals surface area (Å²) in [5, 5.41) is 1.63. The number of aromatic amines is 1. The highest BCUT2D eigenvalue weighted by atomic mass is 35.5. The van der Waals surface area contributed by atoms with E-state index in [2.05, 4.69) is 19.9 Å². The van der Waals surface area contributed by atoms with Crippen LogP contribution in [0.4, 0.5) is 0 Å². The van der Waals surface area contributed by atoms with Crippen LogP contribution in [0.1, 0.15) is 12.5 Å². The van der Waals surface area contributed by atoms with Crippen molar-refractivity contribution in [2.75, 3.05) is 0 Å². The minimum Gasteiger partial charge on any atom is -0.301 e. The van der Waals surface area contributed by atoms with E-state index < -0.39 is 0 Å². The summed E-state index contributed by atoms with van der Waals surface area (Å²) in [5.74, 6) is 0. The molecule has 0 aromatic carbocycles. The molecule has 0 fully saturated rings. The summed E-state index contributed by atoms with van der Waals surface area (Å²) in [6.07, 6.45) is 3.57. The Morgan fingerprint density at radius 1 is 1.41 bits per heavy atom. The van der Waals surface area contributed by atoms with Crippen molar-refractivity contribution in [3.05, 3.63) is 39.7 Å². The monoisotopic (exact) mass is 268 g/mol. The van der Waals surface area contributed by atoms with Gasteiger partial charge in [0.1, 0.15) is 16.5 Å². The molecule has 1 N–H and O–H groups in total. The van der Waals surface area contributed by atoms with Gasteiger partial charge in [-0.25, -0.2) is 15.0 Å². The molecular weight excluding hydrogens is 260 g/mol. The van der Waals surface area contributed by atoms with Crippen molar-refractivity contribution in [1.82, 2.24) is 19.9 Å². The van der Waals surface area contributed by atoms with Crippen LogP contribution in [-0.2, 0) is 6.42 Å². The molecule has 0 aliphatic heterocycles. The maximum absolute atomic E-state index is 11.1. The lowest BCUT2D eigenvalue weighted by molar-refractivity contribution is 0.909. The Hall–Kier alpha value is -1.40. The second-order valence-corrected chi connectivity index (χ2v) is 4.48. The molecule has 2 aromatic heterocycles. The largest absolute Gasteiger partial charge is 0.301 e. The van der Waals surface area contributed by atoms with Crippen molar-refractivity contribution >= 4 is 23.4 Å². The van der Waals surface area contributed by atoms with E-state index in [9.17, 15) is 4.79 Å². The van der Waals surface area contributed by atoms with Crippen LogP contribution in [-0.4, -0.2) is 19.9 Å². The van der Waals surface area contributed by atoms with E-state index >= 15 is 0 Å². The molecule has 17 heavy (non-hydrogen) atoms. The van der Waals surface area contributed by atoms with Gasteiger partial charge in [0.05, 0.1) is 0 Å². The standard InChI is InChI=1S/C10H9ClN4OS/c1-2-6-8(11)13-5-14-9(6)17-10-12-4-3-7(16)15-10/h3-5H,2H2,1H3,(H,12,15,16). The van der Waals surface area contributed by atoms with Crippen LogP contribution in [0.25, 0.3) is 0 Å². The lowest BCUT2D eigenvalue weighted by Gasteiger charge is -2.05. The Kier molecular flexibility index (Phi) is 3.75. The zero-order chi connectivity index (χ0) is 12.3. The van der Waals surface area contributed by atoms with Crippen molar-refractivity contribution in [2.24, 2.45) is 0 Å². The molecule has 0 bridgehead atoms. The first-order chi connectivity index (χ1) is 8.20. The first-order valence-corrected chi connectivity index (χ1v) is 6.12. The molecular formula is C10H9ClN4OS. The van der Waals surface area contributed by atoms with Crippen molar-refractivity contribution in [3.8, 4) is 0 Å². The maximum atomic E-state index is 11.1. The average molecular weight is 269 g/mol. The predicted octanol–water partition coefficient (Wildman–Crippen LogP) is 1.93. The van der Waals surface area contributed by atoms with Crippen molar-refractivity contribution in [2.45, 2.75) is 23.5 Å². The molecule has 88 valence electrons. The highest BCUT2D eigenvalue weighted by Gasteiger charge is 2.10. The summed E-state index contributed by atoms with van der Waals surface area (Å²) in [6, 6.07) is 1.36. The third-order valence-electron chi connectivity index (χ3n) is 2.05. The molecule has 0 aliphatic carbocycles. The summed E-state index contributed by atoms with van der Waals surface area (Å²) >= 11 is 7.24. The number of hydrogen-bond acceptors (Lipinski definition) is 5. The van der Waals surface area contributed by atoms with Gasteiger partial charge < -0.3 is 4.98 Å². The van der Waals surface area contributed by atoms with Crippen LogP contribution in [0.2, 0.25) is 5.15 Å². The summed E-state index contributed by atoms with van der Waals surface area (Å²) < 4.78 is 0. The molecule has 0 aliphatic rings. The molecule has 0 spiro atoms. The molecule has 0 atom stereocenters. The maximum Gasteiger partial charge on any atom is 0.251 e. The molecule has 0 radical (unpaired) electrons. The Morgan fingerprint density at radius 3 is 2.94 bits per heavy atom. The fourth-order valence-corrected chi connectivity index (χ4v) is 2.49. The van der Waals surface area contributed by atoms with Gasteiger partial charge in [0, 0.05) is 17.8 Å². The zero-order valence-electron chi connectivity index (χ0n) is 8.98. The molecule has 2 rings (SSSR count). The number of aromatic nitrogens is 4. The van der Waals surface area contributed by atoms with Crippen LogP contribution in [0, 0.1) is 0 Å². The van der Waals surface area contributed by atoms with Crippen molar-refractivity contribution < 1.29 is 0 Å². The molecule has 2 heterocycles. The number of H-pyrrole nitrogens is 1. The van der Waals surface area contributed by atoms with E-state index in [1.165, 1.54) is 30.4 Å². The lowest BCUT2D eigenvalue weighted by atomic mass is 10.3. The molecule has 0 saturated carbocycles. The Balaban J connectivity index is 2.36. The Labute approximate surface area is 107 Å². The van der Waals surface area contributed by atoms with Crippen LogP contribution in [0.15, 0.2) is 33.6 Å². The second-order valence-electron chi connectivity index (χ2n) is 3.14. The smallest absolute Gasteiger partial charge is 0.251 e. The van der Waals surface area contributed by atoms with E-state index in [-0.39, 0.29) is 5.56 Å². The van der Waals surface area contributed by atoms with Crippen molar-refractivity contribution in [3.63, 3.8) is 0 Å². The van der Waals surface area contributed by atoms with Gasteiger partial charge in [0.25, 0.3) is 5.56 Å². The first kappa shape index (κ1) is 12.1. The van der Waals surface area contributed by atoms with E-state index in [0.717, 1.165) is 12.0 Å². The highest BCUT2D eigenvalue weighted by molar-refractivity contribution is 7.99. The summed E-state index contributed by atoms with van der Waals surface area (Å²) in [4.78, 5) is 25.9. The zero-order valence-corrected chi connectivity index (χ0v) is 10.5. The third kappa shape index (κ3) is 2.83. The van der Waals surface area contributed by atoms with Gasteiger partial charge in [-0.05, 0) is 18.2 Å². The first-order valence-electron chi connectivity index (χ1n) is 4.93. The van der Waals surface area contributed by atoms with Gasteiger partial charge >= 0.3 is 0 Å². The molecule has 5 nitrogen and oxygen atoms in total. The summed E-state index contributed by atoms with van der Waals surface area (Å²) in [7, 11) is 0. The fraction of sp³-hybridized carbons (Fsp3) is 0.200. The number of nitrogens with zero attached hydrogens (tertiary/aromatic N) is 3. The predicted molar refractivity (Wildman–Crippen MR) is 65.4 cm³/mol. The molecule has 2 aromatic rings. The minimum atomic E-state index is -0.194. The van der Waals surface area contributed by atoms with Gasteiger partial charge in [-0.3, -0.25) is 4.79 Å². The van der Waals surface area contributed by atoms with Crippen LogP contribution in [0.3, 0.4) is 0 Å². The molecule has 7 heteroatoms. The number of halogens is 1.